The fourth-order valence-electron chi connectivity index (χ4n) is 0.928. The summed E-state index contributed by atoms with van der Waals surface area (Å²) in [5.74, 6) is -0.765. The third-order valence-electron chi connectivity index (χ3n) is 2.02. The fraction of sp³-hybridized carbons (Fsp3) is 0.778. The highest BCUT2D eigenvalue weighted by molar-refractivity contribution is 14.1. The van der Waals surface area contributed by atoms with Gasteiger partial charge in [0.2, 0.25) is 6.10 Å². The van der Waals surface area contributed by atoms with Gasteiger partial charge >= 0.3 is 11.9 Å². The average molecular weight is 312 g/mol. The topological polar surface area (TPSA) is 52.6 Å². The predicted octanol–water partition coefficient (Wildman–Crippen LogP) is 1.31. The molecule has 1 fully saturated rings. The molecule has 0 bridgehead atoms. The fourth-order valence-corrected chi connectivity index (χ4v) is 1.24. The van der Waals surface area contributed by atoms with E-state index in [-0.39, 0.29) is 5.97 Å². The van der Waals surface area contributed by atoms with Crippen LogP contribution in [-0.4, -0.2) is 29.1 Å². The molecule has 1 atom stereocenters. The van der Waals surface area contributed by atoms with Gasteiger partial charge in [0.05, 0.1) is 12.0 Å². The zero-order valence-electron chi connectivity index (χ0n) is 8.21. The van der Waals surface area contributed by atoms with Gasteiger partial charge in [-0.1, -0.05) is 22.6 Å². The van der Waals surface area contributed by atoms with Crippen LogP contribution in [-0.2, 0) is 19.1 Å². The quantitative estimate of drug-likeness (QED) is 0.448. The van der Waals surface area contributed by atoms with E-state index in [0.29, 0.717) is 17.5 Å². The summed E-state index contributed by atoms with van der Waals surface area (Å²) in [4.78, 5) is 22.6. The Bertz CT molecular complexity index is 249. The van der Waals surface area contributed by atoms with Crippen LogP contribution in [0, 0.1) is 5.41 Å². The maximum Gasteiger partial charge on any atom is 0.347 e. The summed E-state index contributed by atoms with van der Waals surface area (Å²) in [5, 5.41) is 0. The SMILES string of the molecule is CC(C)(CI)C(=O)OC1CCOC1=O. The summed E-state index contributed by atoms with van der Waals surface area (Å²) >= 11 is 2.12. The molecule has 0 aromatic rings. The van der Waals surface area contributed by atoms with Gasteiger partial charge in [-0.2, -0.15) is 0 Å². The Morgan fingerprint density at radius 2 is 2.36 bits per heavy atom. The summed E-state index contributed by atoms with van der Waals surface area (Å²) < 4.78 is 10.4. The third kappa shape index (κ3) is 2.59. The summed E-state index contributed by atoms with van der Waals surface area (Å²) in [7, 11) is 0. The number of ether oxygens (including phenoxy) is 2. The number of alkyl halides is 1. The molecule has 0 radical (unpaired) electrons. The minimum atomic E-state index is -0.690. The Kier molecular flexibility index (Phi) is 3.74. The van der Waals surface area contributed by atoms with Crippen molar-refractivity contribution in [2.24, 2.45) is 5.41 Å². The lowest BCUT2D eigenvalue weighted by atomic mass is 9.97. The van der Waals surface area contributed by atoms with Crippen molar-refractivity contribution in [3.63, 3.8) is 0 Å². The van der Waals surface area contributed by atoms with E-state index in [2.05, 4.69) is 22.6 Å². The number of esters is 2. The Labute approximate surface area is 96.5 Å². The molecular formula is C9H13IO4. The van der Waals surface area contributed by atoms with Gasteiger partial charge < -0.3 is 9.47 Å². The van der Waals surface area contributed by atoms with E-state index < -0.39 is 17.5 Å². The van der Waals surface area contributed by atoms with Crippen LogP contribution in [0.4, 0.5) is 0 Å². The van der Waals surface area contributed by atoms with Crippen molar-refractivity contribution >= 4 is 34.5 Å². The zero-order valence-corrected chi connectivity index (χ0v) is 10.4. The van der Waals surface area contributed by atoms with Gasteiger partial charge in [0, 0.05) is 10.8 Å². The largest absolute Gasteiger partial charge is 0.463 e. The number of halogens is 1. The molecule has 1 heterocycles. The standard InChI is InChI=1S/C9H13IO4/c1-9(2,5-10)8(12)14-6-3-4-13-7(6)11/h6H,3-5H2,1-2H3. The van der Waals surface area contributed by atoms with E-state index >= 15 is 0 Å². The van der Waals surface area contributed by atoms with Crippen LogP contribution in [0.2, 0.25) is 0 Å². The monoisotopic (exact) mass is 312 g/mol. The molecule has 0 saturated carbocycles. The molecule has 0 aliphatic carbocycles. The lowest BCUT2D eigenvalue weighted by Gasteiger charge is -2.20. The number of hydrogen-bond donors (Lipinski definition) is 0. The molecule has 80 valence electrons. The second-order valence-electron chi connectivity index (χ2n) is 3.87. The minimum absolute atomic E-state index is 0.337. The highest BCUT2D eigenvalue weighted by atomic mass is 127. The van der Waals surface area contributed by atoms with Crippen molar-refractivity contribution in [3.8, 4) is 0 Å². The number of carbonyl (C=O) groups excluding carboxylic acids is 2. The first-order valence-electron chi connectivity index (χ1n) is 4.41. The van der Waals surface area contributed by atoms with Gasteiger partial charge in [0.25, 0.3) is 0 Å². The lowest BCUT2D eigenvalue weighted by molar-refractivity contribution is -0.166. The molecule has 14 heavy (non-hydrogen) atoms. The lowest BCUT2D eigenvalue weighted by Crippen LogP contribution is -2.33. The molecule has 5 heteroatoms. The Balaban J connectivity index is 2.52. The second kappa shape index (κ2) is 4.46. The van der Waals surface area contributed by atoms with E-state index in [1.165, 1.54) is 0 Å². The van der Waals surface area contributed by atoms with Gasteiger partial charge in [0.1, 0.15) is 0 Å². The van der Waals surface area contributed by atoms with Crippen molar-refractivity contribution in [2.75, 3.05) is 11.0 Å². The Morgan fingerprint density at radius 1 is 1.71 bits per heavy atom. The van der Waals surface area contributed by atoms with E-state index in [1.807, 2.05) is 0 Å². The number of hydrogen-bond acceptors (Lipinski definition) is 4. The van der Waals surface area contributed by atoms with Crippen molar-refractivity contribution in [2.45, 2.75) is 26.4 Å². The smallest absolute Gasteiger partial charge is 0.347 e. The van der Waals surface area contributed by atoms with E-state index in [0.717, 1.165) is 0 Å². The van der Waals surface area contributed by atoms with Crippen LogP contribution in [0.1, 0.15) is 20.3 Å². The Hall–Kier alpha value is -0.330. The highest BCUT2D eigenvalue weighted by Crippen LogP contribution is 2.23. The van der Waals surface area contributed by atoms with E-state index in [4.69, 9.17) is 9.47 Å². The van der Waals surface area contributed by atoms with Gasteiger partial charge in [-0.3, -0.25) is 4.79 Å². The number of cyclic esters (lactones) is 1. The van der Waals surface area contributed by atoms with E-state index in [9.17, 15) is 9.59 Å². The van der Waals surface area contributed by atoms with E-state index in [1.54, 1.807) is 13.8 Å². The minimum Gasteiger partial charge on any atom is -0.463 e. The van der Waals surface area contributed by atoms with Crippen LogP contribution in [0.3, 0.4) is 0 Å². The highest BCUT2D eigenvalue weighted by Gasteiger charge is 2.35. The van der Waals surface area contributed by atoms with Gasteiger partial charge in [0.15, 0.2) is 0 Å². The Morgan fingerprint density at radius 3 is 2.79 bits per heavy atom. The first-order valence-corrected chi connectivity index (χ1v) is 5.93. The first kappa shape index (κ1) is 11.7. The molecule has 1 unspecified atom stereocenters. The predicted molar refractivity (Wildman–Crippen MR) is 58.1 cm³/mol. The van der Waals surface area contributed by atoms with Crippen molar-refractivity contribution in [1.29, 1.82) is 0 Å². The summed E-state index contributed by atoms with van der Waals surface area (Å²) in [6.07, 6.45) is -0.216. The normalized spacial score (nSPS) is 21.9. The summed E-state index contributed by atoms with van der Waals surface area (Å²) in [6, 6.07) is 0. The molecule has 0 N–H and O–H groups in total. The number of rotatable bonds is 3. The molecule has 0 aromatic heterocycles. The van der Waals surface area contributed by atoms with Crippen LogP contribution >= 0.6 is 22.6 Å². The van der Waals surface area contributed by atoms with Gasteiger partial charge in [-0.15, -0.1) is 0 Å². The summed E-state index contributed by atoms with van der Waals surface area (Å²) in [6.45, 7) is 3.94. The van der Waals surface area contributed by atoms with Crippen LogP contribution in [0.5, 0.6) is 0 Å². The molecule has 1 saturated heterocycles. The van der Waals surface area contributed by atoms with Gasteiger partial charge in [-0.05, 0) is 13.8 Å². The van der Waals surface area contributed by atoms with Crippen molar-refractivity contribution in [1.82, 2.24) is 0 Å². The van der Waals surface area contributed by atoms with Crippen LogP contribution in [0.25, 0.3) is 0 Å². The van der Waals surface area contributed by atoms with Crippen molar-refractivity contribution in [3.05, 3.63) is 0 Å². The van der Waals surface area contributed by atoms with Gasteiger partial charge in [-0.25, -0.2) is 4.79 Å². The zero-order chi connectivity index (χ0) is 10.8. The summed E-state index contributed by atoms with van der Waals surface area (Å²) in [5.41, 5.74) is -0.538. The van der Waals surface area contributed by atoms with Crippen LogP contribution in [0.15, 0.2) is 0 Å². The average Bonchev–Trinajstić information content (AvgIpc) is 2.52. The van der Waals surface area contributed by atoms with Crippen molar-refractivity contribution < 1.29 is 19.1 Å². The maximum atomic E-state index is 11.6. The molecule has 0 aromatic carbocycles. The molecular weight excluding hydrogens is 299 g/mol. The third-order valence-corrected chi connectivity index (χ3v) is 3.93. The molecule has 4 nitrogen and oxygen atoms in total. The first-order chi connectivity index (χ1) is 6.47. The molecule has 0 amide bonds. The number of carbonyl (C=O) groups is 2. The molecule has 1 aliphatic heterocycles. The second-order valence-corrected chi connectivity index (χ2v) is 4.63. The molecule has 0 spiro atoms. The molecule has 1 aliphatic rings. The molecule has 1 rings (SSSR count). The maximum absolute atomic E-state index is 11.6. The van der Waals surface area contributed by atoms with Crippen LogP contribution < -0.4 is 0 Å².